The molecule has 4 nitrogen and oxygen atoms in total. The summed E-state index contributed by atoms with van der Waals surface area (Å²) in [6.45, 7) is 1.88. The Morgan fingerprint density at radius 1 is 1.42 bits per heavy atom. The second kappa shape index (κ2) is 5.95. The van der Waals surface area contributed by atoms with Gasteiger partial charge in [0.2, 0.25) is 5.88 Å². The largest absolute Gasteiger partial charge is 0.433 e. The van der Waals surface area contributed by atoms with Gasteiger partial charge in [0.25, 0.3) is 0 Å². The van der Waals surface area contributed by atoms with Crippen LogP contribution in [0.5, 0.6) is 11.6 Å². The van der Waals surface area contributed by atoms with Crippen LogP contribution in [0.15, 0.2) is 30.7 Å². The van der Waals surface area contributed by atoms with Gasteiger partial charge in [-0.3, -0.25) is 4.98 Å². The van der Waals surface area contributed by atoms with Crippen LogP contribution in [-0.2, 0) is 0 Å². The summed E-state index contributed by atoms with van der Waals surface area (Å²) in [5, 5.41) is 0.162. The third-order valence-electron chi connectivity index (χ3n) is 2.66. The van der Waals surface area contributed by atoms with E-state index in [-0.39, 0.29) is 16.7 Å². The van der Waals surface area contributed by atoms with Gasteiger partial charge >= 0.3 is 0 Å². The van der Waals surface area contributed by atoms with E-state index in [9.17, 15) is 4.39 Å². The molecular weight excluding hydrogens is 269 g/mol. The number of hydrogen-bond donors (Lipinski definition) is 1. The maximum Gasteiger partial charge on any atom is 0.238 e. The first-order chi connectivity index (χ1) is 9.13. The van der Waals surface area contributed by atoms with Crippen molar-refractivity contribution < 1.29 is 9.13 Å². The molecule has 0 saturated carbocycles. The van der Waals surface area contributed by atoms with Crippen molar-refractivity contribution in [1.82, 2.24) is 9.97 Å². The van der Waals surface area contributed by atoms with Gasteiger partial charge in [0.15, 0.2) is 11.6 Å². The average Bonchev–Trinajstić information content (AvgIpc) is 2.44. The monoisotopic (exact) mass is 281 g/mol. The fourth-order valence-corrected chi connectivity index (χ4v) is 1.77. The maximum absolute atomic E-state index is 14.3. The van der Waals surface area contributed by atoms with Gasteiger partial charge in [0.1, 0.15) is 0 Å². The summed E-state index contributed by atoms with van der Waals surface area (Å²) in [5.41, 5.74) is 6.21. The molecule has 2 aromatic rings. The molecule has 0 fully saturated rings. The Kier molecular flexibility index (Phi) is 4.29. The van der Waals surface area contributed by atoms with Crippen LogP contribution < -0.4 is 10.5 Å². The van der Waals surface area contributed by atoms with Gasteiger partial charge in [-0.1, -0.05) is 24.6 Å². The number of nitrogens with two attached hydrogens (primary N) is 1. The van der Waals surface area contributed by atoms with Gasteiger partial charge in [0.05, 0.1) is 11.2 Å². The van der Waals surface area contributed by atoms with Crippen LogP contribution in [0.25, 0.3) is 0 Å². The molecule has 1 aromatic carbocycles. The molecule has 1 aromatic heterocycles. The summed E-state index contributed by atoms with van der Waals surface area (Å²) in [6, 6.07) is 2.72. The van der Waals surface area contributed by atoms with E-state index in [1.54, 1.807) is 12.1 Å². The zero-order valence-electron chi connectivity index (χ0n) is 10.3. The molecule has 0 spiro atoms. The fraction of sp³-hybridized carbons (Fsp3) is 0.231. The summed E-state index contributed by atoms with van der Waals surface area (Å²) < 4.78 is 19.7. The lowest BCUT2D eigenvalue weighted by atomic mass is 10.0. The second-order valence-corrected chi connectivity index (χ2v) is 4.35. The summed E-state index contributed by atoms with van der Waals surface area (Å²) in [5.74, 6) is -0.471. The lowest BCUT2D eigenvalue weighted by Gasteiger charge is -2.14. The zero-order chi connectivity index (χ0) is 13.8. The summed E-state index contributed by atoms with van der Waals surface area (Å²) in [6.07, 6.45) is 4.93. The number of halogens is 2. The van der Waals surface area contributed by atoms with Gasteiger partial charge in [-0.25, -0.2) is 9.37 Å². The quantitative estimate of drug-likeness (QED) is 0.932. The number of nitrogens with zero attached hydrogens (tertiary/aromatic N) is 2. The van der Waals surface area contributed by atoms with E-state index in [0.29, 0.717) is 12.0 Å². The average molecular weight is 282 g/mol. The van der Waals surface area contributed by atoms with Gasteiger partial charge < -0.3 is 10.5 Å². The topological polar surface area (TPSA) is 61.0 Å². The first-order valence-corrected chi connectivity index (χ1v) is 6.18. The minimum absolute atomic E-state index is 0.0800. The Morgan fingerprint density at radius 2 is 2.21 bits per heavy atom. The Morgan fingerprint density at radius 3 is 2.84 bits per heavy atom. The van der Waals surface area contributed by atoms with Gasteiger partial charge in [-0.2, -0.15) is 0 Å². The van der Waals surface area contributed by atoms with Crippen LogP contribution in [0.4, 0.5) is 4.39 Å². The number of aromatic nitrogens is 2. The van der Waals surface area contributed by atoms with E-state index in [1.165, 1.54) is 18.6 Å². The molecule has 1 atom stereocenters. The maximum atomic E-state index is 14.3. The molecule has 0 aliphatic rings. The molecule has 0 unspecified atom stereocenters. The number of benzene rings is 1. The minimum Gasteiger partial charge on any atom is -0.433 e. The molecule has 0 aliphatic carbocycles. The number of hydrogen-bond acceptors (Lipinski definition) is 4. The summed E-state index contributed by atoms with van der Waals surface area (Å²) in [7, 11) is 0. The Labute approximate surface area is 115 Å². The molecule has 0 aliphatic heterocycles. The second-order valence-electron chi connectivity index (χ2n) is 3.94. The smallest absolute Gasteiger partial charge is 0.238 e. The van der Waals surface area contributed by atoms with Crippen molar-refractivity contribution in [2.45, 2.75) is 19.4 Å². The van der Waals surface area contributed by atoms with Crippen molar-refractivity contribution in [3.63, 3.8) is 0 Å². The molecule has 0 radical (unpaired) electrons. The Hall–Kier alpha value is -1.72. The highest BCUT2D eigenvalue weighted by molar-refractivity contribution is 6.32. The Bertz CT molecular complexity index is 565. The normalized spacial score (nSPS) is 12.2. The molecule has 19 heavy (non-hydrogen) atoms. The van der Waals surface area contributed by atoms with E-state index in [0.717, 1.165) is 0 Å². The third kappa shape index (κ3) is 3.00. The molecule has 0 amide bonds. The lowest BCUT2D eigenvalue weighted by molar-refractivity contribution is 0.419. The SMILES string of the molecule is CC[C@@H](N)c1ccc(Cl)c(Oc2cnccn2)c1F. The van der Waals surface area contributed by atoms with Crippen LogP contribution >= 0.6 is 11.6 Å². The number of ether oxygens (including phenoxy) is 1. The predicted octanol–water partition coefficient (Wildman–Crippen LogP) is 3.47. The zero-order valence-corrected chi connectivity index (χ0v) is 11.1. The van der Waals surface area contributed by atoms with E-state index in [1.807, 2.05) is 6.92 Å². The van der Waals surface area contributed by atoms with Crippen LogP contribution in [0.3, 0.4) is 0 Å². The molecule has 1 heterocycles. The van der Waals surface area contributed by atoms with E-state index in [2.05, 4.69) is 9.97 Å². The molecule has 2 rings (SSSR count). The number of rotatable bonds is 4. The molecule has 100 valence electrons. The van der Waals surface area contributed by atoms with Crippen molar-refractivity contribution in [3.8, 4) is 11.6 Å². The summed E-state index contributed by atoms with van der Waals surface area (Å²) >= 11 is 5.95. The van der Waals surface area contributed by atoms with Crippen LogP contribution in [0.2, 0.25) is 5.02 Å². The molecule has 6 heteroatoms. The standard InChI is InChI=1S/C13H13ClFN3O/c1-2-10(16)8-3-4-9(14)13(12(8)15)19-11-7-17-5-6-18-11/h3-7,10H,2,16H2,1H3/t10-/m1/s1. The van der Waals surface area contributed by atoms with Crippen molar-refractivity contribution in [2.24, 2.45) is 5.73 Å². The van der Waals surface area contributed by atoms with Gasteiger partial charge in [-0.05, 0) is 12.5 Å². The van der Waals surface area contributed by atoms with Crippen molar-refractivity contribution in [3.05, 3.63) is 47.1 Å². The van der Waals surface area contributed by atoms with Crippen molar-refractivity contribution in [1.29, 1.82) is 0 Å². The van der Waals surface area contributed by atoms with E-state index >= 15 is 0 Å². The van der Waals surface area contributed by atoms with Crippen molar-refractivity contribution in [2.75, 3.05) is 0 Å². The van der Waals surface area contributed by atoms with E-state index < -0.39 is 11.9 Å². The minimum atomic E-state index is -0.562. The van der Waals surface area contributed by atoms with Crippen LogP contribution in [0.1, 0.15) is 24.9 Å². The summed E-state index contributed by atoms with van der Waals surface area (Å²) in [4.78, 5) is 7.75. The first-order valence-electron chi connectivity index (χ1n) is 5.80. The third-order valence-corrected chi connectivity index (χ3v) is 2.96. The van der Waals surface area contributed by atoms with Crippen LogP contribution in [0, 0.1) is 5.82 Å². The van der Waals surface area contributed by atoms with Gasteiger partial charge in [0, 0.05) is 24.0 Å². The Balaban J connectivity index is 2.39. The molecule has 2 N–H and O–H groups in total. The predicted molar refractivity (Wildman–Crippen MR) is 70.7 cm³/mol. The molecule has 0 saturated heterocycles. The molecule has 0 bridgehead atoms. The highest BCUT2D eigenvalue weighted by atomic mass is 35.5. The van der Waals surface area contributed by atoms with Crippen molar-refractivity contribution >= 4 is 11.6 Å². The van der Waals surface area contributed by atoms with E-state index in [4.69, 9.17) is 22.1 Å². The molecular formula is C13H13ClFN3O. The fourth-order valence-electron chi connectivity index (χ4n) is 1.59. The van der Waals surface area contributed by atoms with Crippen LogP contribution in [-0.4, -0.2) is 9.97 Å². The van der Waals surface area contributed by atoms with Gasteiger partial charge in [-0.15, -0.1) is 0 Å². The lowest BCUT2D eigenvalue weighted by Crippen LogP contribution is -2.11. The highest BCUT2D eigenvalue weighted by Gasteiger charge is 2.18. The first kappa shape index (κ1) is 13.7. The highest BCUT2D eigenvalue weighted by Crippen LogP contribution is 2.35.